The molecule has 0 unspecified atom stereocenters. The van der Waals surface area contributed by atoms with E-state index in [1.165, 1.54) is 0 Å². The average Bonchev–Trinajstić information content (AvgIpc) is 3.85. The van der Waals surface area contributed by atoms with Crippen molar-refractivity contribution < 1.29 is 27.6 Å². The molecule has 4 fully saturated rings. The molecular formula is C32H42N6O6S. The third-order valence-corrected chi connectivity index (χ3v) is 12.5. The van der Waals surface area contributed by atoms with Gasteiger partial charge in [0, 0.05) is 50.5 Å². The number of rotatable bonds is 3. The predicted octanol–water partition coefficient (Wildman–Crippen LogP) is 1.21. The van der Waals surface area contributed by atoms with Crippen molar-refractivity contribution in [1.29, 1.82) is 0 Å². The number of nitrogens with zero attached hydrogens (tertiary/aromatic N) is 3. The average molecular weight is 639 g/mol. The van der Waals surface area contributed by atoms with E-state index in [1.807, 2.05) is 41.3 Å². The van der Waals surface area contributed by atoms with E-state index in [1.54, 1.807) is 9.80 Å². The molecule has 13 heteroatoms. The number of hydrogen-bond acceptors (Lipinski definition) is 7. The van der Waals surface area contributed by atoms with Crippen LogP contribution in [0.5, 0.6) is 0 Å². The van der Waals surface area contributed by atoms with Gasteiger partial charge in [-0.2, -0.15) is 0 Å². The number of amides is 5. The zero-order valence-corrected chi connectivity index (χ0v) is 26.2. The third-order valence-electron chi connectivity index (χ3n) is 10.6. The first kappa shape index (κ1) is 30.2. The molecule has 7 rings (SSSR count). The standard InChI is InChI=1S/C32H42N6O6S/c33-26-11-5-3-1-2-4-10-23-14-32(23,30(41)35-45(43,44)24-12-13-24)34-28(39)27-25-19-37(17-22(25)18-38(27)29(26)40)31(42)36-15-20-8-6-7-9-21(20)16-36/h4,6-10,22-27H,1-3,5,11-19,33H2,(H,34,39)(H,35,41)/t22-,23+,25-,26+,27-,32+/m0/s1. The lowest BCUT2D eigenvalue weighted by Crippen LogP contribution is -2.59. The molecule has 4 aliphatic heterocycles. The Balaban J connectivity index is 1.13. The van der Waals surface area contributed by atoms with Crippen molar-refractivity contribution in [2.75, 3.05) is 19.6 Å². The Morgan fingerprint density at radius 2 is 1.69 bits per heavy atom. The second-order valence-electron chi connectivity index (χ2n) is 13.8. The number of allylic oxidation sites excluding steroid dienone is 1. The predicted molar refractivity (Wildman–Crippen MR) is 164 cm³/mol. The summed E-state index contributed by atoms with van der Waals surface area (Å²) < 4.78 is 27.7. The van der Waals surface area contributed by atoms with E-state index in [2.05, 4.69) is 10.0 Å². The number of carbonyl (C=O) groups is 4. The maximum absolute atomic E-state index is 14.3. The Morgan fingerprint density at radius 3 is 2.40 bits per heavy atom. The Kier molecular flexibility index (Phi) is 7.66. The first-order valence-electron chi connectivity index (χ1n) is 16.3. The van der Waals surface area contributed by atoms with E-state index in [0.717, 1.165) is 36.8 Å². The number of urea groups is 1. The van der Waals surface area contributed by atoms with E-state index in [0.29, 0.717) is 45.4 Å². The van der Waals surface area contributed by atoms with Crippen molar-refractivity contribution in [2.24, 2.45) is 23.5 Å². The van der Waals surface area contributed by atoms with Crippen LogP contribution in [-0.4, -0.2) is 89.4 Å². The molecule has 12 nitrogen and oxygen atoms in total. The highest BCUT2D eigenvalue weighted by Crippen LogP contribution is 2.47. The summed E-state index contributed by atoms with van der Waals surface area (Å²) in [6.45, 7) is 2.06. The molecule has 1 aromatic carbocycles. The van der Waals surface area contributed by atoms with Gasteiger partial charge in [-0.25, -0.2) is 13.2 Å². The second-order valence-corrected chi connectivity index (χ2v) is 15.8. The monoisotopic (exact) mass is 638 g/mol. The summed E-state index contributed by atoms with van der Waals surface area (Å²) in [6.07, 6.45) is 9.04. The van der Waals surface area contributed by atoms with Crippen LogP contribution in [0.4, 0.5) is 4.79 Å². The number of likely N-dealkylation sites (tertiary alicyclic amines) is 1. The van der Waals surface area contributed by atoms with Gasteiger partial charge in [0.05, 0.1) is 11.3 Å². The molecule has 2 aliphatic carbocycles. The van der Waals surface area contributed by atoms with Crippen molar-refractivity contribution >= 4 is 33.8 Å². The Bertz CT molecular complexity index is 1520. The molecule has 242 valence electrons. The van der Waals surface area contributed by atoms with Gasteiger partial charge in [-0.3, -0.25) is 19.1 Å². The fourth-order valence-electron chi connectivity index (χ4n) is 7.79. The van der Waals surface area contributed by atoms with Crippen LogP contribution in [0.15, 0.2) is 36.4 Å². The van der Waals surface area contributed by atoms with Gasteiger partial charge in [-0.1, -0.05) is 49.3 Å². The van der Waals surface area contributed by atoms with E-state index < -0.39 is 44.7 Å². The van der Waals surface area contributed by atoms with Crippen LogP contribution in [0, 0.1) is 17.8 Å². The number of nitrogens with two attached hydrogens (primary N) is 1. The van der Waals surface area contributed by atoms with Gasteiger partial charge in [-0.15, -0.1) is 0 Å². The summed E-state index contributed by atoms with van der Waals surface area (Å²) in [5, 5.41) is 2.35. The summed E-state index contributed by atoms with van der Waals surface area (Å²) in [6, 6.07) is 6.20. The molecule has 0 aromatic heterocycles. The van der Waals surface area contributed by atoms with Crippen molar-refractivity contribution in [1.82, 2.24) is 24.7 Å². The topological polar surface area (TPSA) is 162 Å². The molecule has 0 radical (unpaired) electrons. The minimum Gasteiger partial charge on any atom is -0.339 e. The number of carbonyl (C=O) groups excluding carboxylic acids is 4. The van der Waals surface area contributed by atoms with Crippen molar-refractivity contribution in [3.8, 4) is 0 Å². The second kappa shape index (κ2) is 11.4. The highest BCUT2D eigenvalue weighted by Gasteiger charge is 2.63. The molecule has 45 heavy (non-hydrogen) atoms. The van der Waals surface area contributed by atoms with Crippen LogP contribution in [0.25, 0.3) is 0 Å². The van der Waals surface area contributed by atoms with E-state index in [-0.39, 0.29) is 42.7 Å². The Hall–Kier alpha value is -3.45. The maximum Gasteiger partial charge on any atom is 0.320 e. The molecule has 0 spiro atoms. The van der Waals surface area contributed by atoms with Gasteiger partial charge in [-0.05, 0) is 49.7 Å². The quantitative estimate of drug-likeness (QED) is 0.419. The number of fused-ring (bicyclic) bond motifs is 5. The SMILES string of the molecule is N[C@@H]1CCCCCC=C[C@@H]2C[C@@]2(C(=O)NS(=O)(=O)C2CC2)NC(=O)[C@@H]2[C@H]3CN(C(=O)N4Cc5ccccc5C4)C[C@H]3CN2C1=O. The summed E-state index contributed by atoms with van der Waals surface area (Å²) >= 11 is 0. The molecule has 1 aromatic rings. The van der Waals surface area contributed by atoms with Crippen LogP contribution in [-0.2, 0) is 37.5 Å². The molecule has 5 amide bonds. The highest BCUT2D eigenvalue weighted by molar-refractivity contribution is 7.91. The summed E-state index contributed by atoms with van der Waals surface area (Å²) in [7, 11) is -3.83. The van der Waals surface area contributed by atoms with E-state index >= 15 is 0 Å². The van der Waals surface area contributed by atoms with Crippen LogP contribution in [0.2, 0.25) is 0 Å². The number of hydrogen-bond donors (Lipinski definition) is 3. The molecule has 6 atom stereocenters. The van der Waals surface area contributed by atoms with Gasteiger partial charge in [0.15, 0.2) is 0 Å². The van der Waals surface area contributed by atoms with Crippen LogP contribution >= 0.6 is 0 Å². The van der Waals surface area contributed by atoms with Gasteiger partial charge in [0.1, 0.15) is 11.6 Å². The molecule has 0 bridgehead atoms. The summed E-state index contributed by atoms with van der Waals surface area (Å²) in [4.78, 5) is 60.3. The summed E-state index contributed by atoms with van der Waals surface area (Å²) in [5.41, 5.74) is 7.21. The minimum atomic E-state index is -3.83. The van der Waals surface area contributed by atoms with Crippen molar-refractivity contribution in [2.45, 2.75) is 87.3 Å². The molecule has 2 saturated heterocycles. The van der Waals surface area contributed by atoms with E-state index in [9.17, 15) is 27.6 Å². The lowest BCUT2D eigenvalue weighted by atomic mass is 9.93. The maximum atomic E-state index is 14.3. The Morgan fingerprint density at radius 1 is 0.956 bits per heavy atom. The molecule has 6 aliphatic rings. The normalized spacial score (nSPS) is 33.4. The van der Waals surface area contributed by atoms with E-state index in [4.69, 9.17) is 5.73 Å². The lowest BCUT2D eigenvalue weighted by molar-refractivity contribution is -0.141. The minimum absolute atomic E-state index is 0.0961. The first-order valence-corrected chi connectivity index (χ1v) is 17.8. The van der Waals surface area contributed by atoms with Crippen molar-refractivity contribution in [3.05, 3.63) is 47.5 Å². The lowest BCUT2D eigenvalue weighted by Gasteiger charge is -2.32. The fourth-order valence-corrected chi connectivity index (χ4v) is 9.15. The molecule has 4 heterocycles. The van der Waals surface area contributed by atoms with Crippen LogP contribution in [0.1, 0.15) is 62.5 Å². The fraction of sp³-hybridized carbons (Fsp3) is 0.625. The Labute approximate surface area is 263 Å². The largest absolute Gasteiger partial charge is 0.339 e. The van der Waals surface area contributed by atoms with Gasteiger partial charge in [0.2, 0.25) is 21.8 Å². The van der Waals surface area contributed by atoms with Crippen LogP contribution < -0.4 is 15.8 Å². The van der Waals surface area contributed by atoms with Gasteiger partial charge >= 0.3 is 6.03 Å². The smallest absolute Gasteiger partial charge is 0.320 e. The first-order chi connectivity index (χ1) is 21.6. The number of nitrogens with one attached hydrogen (secondary N) is 2. The zero-order valence-electron chi connectivity index (χ0n) is 25.4. The molecule has 2 saturated carbocycles. The zero-order chi connectivity index (χ0) is 31.5. The van der Waals surface area contributed by atoms with Crippen LogP contribution in [0.3, 0.4) is 0 Å². The summed E-state index contributed by atoms with van der Waals surface area (Å²) in [5.74, 6) is -2.36. The molecular weight excluding hydrogens is 596 g/mol. The van der Waals surface area contributed by atoms with Gasteiger partial charge in [0.25, 0.3) is 5.91 Å². The van der Waals surface area contributed by atoms with Crippen molar-refractivity contribution in [3.63, 3.8) is 0 Å². The number of sulfonamides is 1. The number of benzene rings is 1. The molecule has 4 N–H and O–H groups in total. The van der Waals surface area contributed by atoms with Gasteiger partial charge < -0.3 is 25.8 Å². The highest BCUT2D eigenvalue weighted by atomic mass is 32.2. The third kappa shape index (κ3) is 5.62.